The quantitative estimate of drug-likeness (QED) is 0.635. The molecule has 0 unspecified atom stereocenters. The van der Waals surface area contributed by atoms with Crippen LogP contribution in [0.1, 0.15) is 17.6 Å². The molecule has 7 heteroatoms. The Hall–Kier alpha value is -2.05. The SMILES string of the molecule is Fc1cccc(-c2cc(C(F)(F)F)ccc2C(F)F)c1F. The van der Waals surface area contributed by atoms with Crippen molar-refractivity contribution < 1.29 is 30.7 Å². The molecule has 0 saturated heterocycles. The Balaban J connectivity index is 2.72. The second-order valence-electron chi connectivity index (χ2n) is 4.20. The van der Waals surface area contributed by atoms with Gasteiger partial charge in [-0.3, -0.25) is 0 Å². The topological polar surface area (TPSA) is 0 Å². The smallest absolute Gasteiger partial charge is 0.205 e. The summed E-state index contributed by atoms with van der Waals surface area (Å²) in [4.78, 5) is 0. The first-order valence-electron chi connectivity index (χ1n) is 5.65. The molecule has 0 fully saturated rings. The Morgan fingerprint density at radius 1 is 0.857 bits per heavy atom. The van der Waals surface area contributed by atoms with Gasteiger partial charge in [0.15, 0.2) is 11.6 Å². The van der Waals surface area contributed by atoms with Crippen LogP contribution in [0.25, 0.3) is 11.1 Å². The van der Waals surface area contributed by atoms with Crippen LogP contribution in [0.3, 0.4) is 0 Å². The lowest BCUT2D eigenvalue weighted by atomic mass is 9.96. The fourth-order valence-electron chi connectivity index (χ4n) is 1.87. The molecule has 0 radical (unpaired) electrons. The number of halogens is 7. The van der Waals surface area contributed by atoms with Crippen LogP contribution in [0.15, 0.2) is 36.4 Å². The average molecular weight is 308 g/mol. The van der Waals surface area contributed by atoms with E-state index >= 15 is 0 Å². The van der Waals surface area contributed by atoms with Gasteiger partial charge in [0.2, 0.25) is 0 Å². The summed E-state index contributed by atoms with van der Waals surface area (Å²) in [6.45, 7) is 0. The fraction of sp³-hybridized carbons (Fsp3) is 0.143. The van der Waals surface area contributed by atoms with Crippen molar-refractivity contribution in [3.63, 3.8) is 0 Å². The Morgan fingerprint density at radius 2 is 1.52 bits per heavy atom. The third kappa shape index (κ3) is 3.01. The Bertz CT molecular complexity index is 659. The van der Waals surface area contributed by atoms with Crippen molar-refractivity contribution in [2.45, 2.75) is 12.6 Å². The first-order chi connectivity index (χ1) is 9.71. The van der Waals surface area contributed by atoms with E-state index in [0.717, 1.165) is 18.2 Å². The van der Waals surface area contributed by atoms with Gasteiger partial charge in [-0.25, -0.2) is 17.6 Å². The van der Waals surface area contributed by atoms with Crippen LogP contribution in [0.5, 0.6) is 0 Å². The molecule has 0 nitrogen and oxygen atoms in total. The number of alkyl halides is 5. The number of rotatable bonds is 2. The van der Waals surface area contributed by atoms with E-state index in [2.05, 4.69) is 0 Å². The zero-order chi connectivity index (χ0) is 15.8. The summed E-state index contributed by atoms with van der Waals surface area (Å²) in [5.41, 5.74) is -3.34. The molecule has 0 aromatic heterocycles. The molecule has 0 N–H and O–H groups in total. The van der Waals surface area contributed by atoms with E-state index in [4.69, 9.17) is 0 Å². The van der Waals surface area contributed by atoms with Gasteiger partial charge in [-0.1, -0.05) is 18.2 Å². The molecule has 0 bridgehead atoms. The Labute approximate surface area is 114 Å². The van der Waals surface area contributed by atoms with Crippen molar-refractivity contribution in [3.8, 4) is 11.1 Å². The van der Waals surface area contributed by atoms with Crippen LogP contribution in [0, 0.1) is 11.6 Å². The summed E-state index contributed by atoms with van der Waals surface area (Å²) in [5.74, 6) is -2.80. The van der Waals surface area contributed by atoms with Crippen LogP contribution in [-0.2, 0) is 6.18 Å². The van der Waals surface area contributed by atoms with Crippen LogP contribution in [0.4, 0.5) is 30.7 Å². The van der Waals surface area contributed by atoms with Gasteiger partial charge in [0.25, 0.3) is 6.43 Å². The largest absolute Gasteiger partial charge is 0.416 e. The molecular weight excluding hydrogens is 301 g/mol. The highest BCUT2D eigenvalue weighted by Crippen LogP contribution is 2.38. The fourth-order valence-corrected chi connectivity index (χ4v) is 1.87. The second-order valence-corrected chi connectivity index (χ2v) is 4.20. The molecule has 112 valence electrons. The van der Waals surface area contributed by atoms with E-state index in [1.165, 1.54) is 0 Å². The minimum Gasteiger partial charge on any atom is -0.205 e. The first-order valence-corrected chi connectivity index (χ1v) is 5.65. The minimum atomic E-state index is -4.78. The van der Waals surface area contributed by atoms with E-state index in [-0.39, 0.29) is 0 Å². The molecule has 0 spiro atoms. The number of benzene rings is 2. The lowest BCUT2D eigenvalue weighted by Crippen LogP contribution is -2.06. The predicted octanol–water partition coefficient (Wildman–Crippen LogP) is 5.59. The summed E-state index contributed by atoms with van der Waals surface area (Å²) in [6.07, 6.45) is -7.90. The lowest BCUT2D eigenvalue weighted by Gasteiger charge is -2.14. The summed E-state index contributed by atoms with van der Waals surface area (Å²) in [7, 11) is 0. The van der Waals surface area contributed by atoms with Crippen LogP contribution >= 0.6 is 0 Å². The molecule has 0 aliphatic heterocycles. The summed E-state index contributed by atoms with van der Waals surface area (Å²) < 4.78 is 90.5. The normalized spacial score (nSPS) is 12.0. The third-order valence-electron chi connectivity index (χ3n) is 2.86. The highest BCUT2D eigenvalue weighted by Gasteiger charge is 2.32. The summed E-state index contributed by atoms with van der Waals surface area (Å²) in [6, 6.07) is 4.15. The maximum Gasteiger partial charge on any atom is 0.416 e. The van der Waals surface area contributed by atoms with Crippen LogP contribution in [-0.4, -0.2) is 0 Å². The summed E-state index contributed by atoms with van der Waals surface area (Å²) >= 11 is 0. The van der Waals surface area contributed by atoms with Gasteiger partial charge >= 0.3 is 6.18 Å². The third-order valence-corrected chi connectivity index (χ3v) is 2.86. The highest BCUT2D eigenvalue weighted by molar-refractivity contribution is 5.69. The zero-order valence-corrected chi connectivity index (χ0v) is 10.2. The van der Waals surface area contributed by atoms with E-state index in [9.17, 15) is 30.7 Å². The lowest BCUT2D eigenvalue weighted by molar-refractivity contribution is -0.137. The van der Waals surface area contributed by atoms with Gasteiger partial charge < -0.3 is 0 Å². The first kappa shape index (κ1) is 15.3. The molecule has 2 aromatic carbocycles. The molecule has 0 aliphatic rings. The van der Waals surface area contributed by atoms with Gasteiger partial charge in [0, 0.05) is 11.1 Å². The highest BCUT2D eigenvalue weighted by atomic mass is 19.4. The molecule has 0 saturated carbocycles. The molecule has 0 atom stereocenters. The summed E-state index contributed by atoms with van der Waals surface area (Å²) in [5, 5.41) is 0. The van der Waals surface area contributed by atoms with Crippen molar-refractivity contribution in [1.82, 2.24) is 0 Å². The second kappa shape index (κ2) is 5.38. The molecule has 0 aliphatic carbocycles. The van der Waals surface area contributed by atoms with Crippen molar-refractivity contribution in [1.29, 1.82) is 0 Å². The average Bonchev–Trinajstić information content (AvgIpc) is 2.40. The standard InChI is InChI=1S/C14H7F7/c15-11-3-1-2-8(12(11)16)10-6-7(14(19,20)21)4-5-9(10)13(17)18/h1-6,13H. The van der Waals surface area contributed by atoms with Gasteiger partial charge in [-0.2, -0.15) is 13.2 Å². The maximum atomic E-state index is 13.7. The number of hydrogen-bond acceptors (Lipinski definition) is 0. The van der Waals surface area contributed by atoms with E-state index < -0.39 is 46.5 Å². The minimum absolute atomic E-state index is 0.388. The van der Waals surface area contributed by atoms with Crippen molar-refractivity contribution >= 4 is 0 Å². The molecule has 2 aromatic rings. The molecule has 0 heterocycles. The number of hydrogen-bond donors (Lipinski definition) is 0. The maximum absolute atomic E-state index is 13.7. The van der Waals surface area contributed by atoms with Gasteiger partial charge in [0.05, 0.1) is 5.56 Å². The monoisotopic (exact) mass is 308 g/mol. The van der Waals surface area contributed by atoms with Gasteiger partial charge in [-0.05, 0) is 23.8 Å². The molecule has 21 heavy (non-hydrogen) atoms. The molecule has 0 amide bonds. The zero-order valence-electron chi connectivity index (χ0n) is 10.2. The predicted molar refractivity (Wildman–Crippen MR) is 61.8 cm³/mol. The van der Waals surface area contributed by atoms with E-state index in [1.54, 1.807) is 0 Å². The van der Waals surface area contributed by atoms with E-state index in [0.29, 0.717) is 18.2 Å². The molecule has 2 rings (SSSR count). The van der Waals surface area contributed by atoms with Crippen molar-refractivity contribution in [3.05, 3.63) is 59.2 Å². The van der Waals surface area contributed by atoms with Gasteiger partial charge in [-0.15, -0.1) is 0 Å². The van der Waals surface area contributed by atoms with Crippen molar-refractivity contribution in [2.24, 2.45) is 0 Å². The van der Waals surface area contributed by atoms with Crippen LogP contribution in [0.2, 0.25) is 0 Å². The van der Waals surface area contributed by atoms with E-state index in [1.807, 2.05) is 0 Å². The van der Waals surface area contributed by atoms with Crippen LogP contribution < -0.4 is 0 Å². The Kier molecular flexibility index (Phi) is 3.93. The van der Waals surface area contributed by atoms with Crippen molar-refractivity contribution in [2.75, 3.05) is 0 Å². The van der Waals surface area contributed by atoms with Gasteiger partial charge in [0.1, 0.15) is 0 Å². The molecular formula is C14H7F7. The Morgan fingerprint density at radius 3 is 2.10 bits per heavy atom.